The standard InChI is InChI=1S/C15H16ClNOS/c1-10-3-4-11(13(16)7-10)9-19-15-6-5-12(17)8-14(15)18-2/h3-8H,9,17H2,1-2H3. The Kier molecular flexibility index (Phi) is 4.61. The number of ether oxygens (including phenoxy) is 1. The van der Waals surface area contributed by atoms with Gasteiger partial charge >= 0.3 is 0 Å². The molecular weight excluding hydrogens is 278 g/mol. The van der Waals surface area contributed by atoms with Crippen molar-refractivity contribution in [2.75, 3.05) is 12.8 Å². The summed E-state index contributed by atoms with van der Waals surface area (Å²) in [5, 5.41) is 0.807. The predicted octanol–water partition coefficient (Wildman–Crippen LogP) is 4.53. The second-order valence-electron chi connectivity index (χ2n) is 4.29. The van der Waals surface area contributed by atoms with Crippen LogP contribution < -0.4 is 10.5 Å². The number of anilines is 1. The van der Waals surface area contributed by atoms with Crippen LogP contribution in [0.1, 0.15) is 11.1 Å². The lowest BCUT2D eigenvalue weighted by Gasteiger charge is -2.10. The van der Waals surface area contributed by atoms with Gasteiger partial charge in [0.1, 0.15) is 5.75 Å². The van der Waals surface area contributed by atoms with Gasteiger partial charge in [0, 0.05) is 27.4 Å². The maximum atomic E-state index is 6.23. The molecule has 0 heterocycles. The second kappa shape index (κ2) is 6.22. The summed E-state index contributed by atoms with van der Waals surface area (Å²) in [4.78, 5) is 1.06. The average molecular weight is 294 g/mol. The Labute approximate surface area is 122 Å². The second-order valence-corrected chi connectivity index (χ2v) is 5.72. The van der Waals surface area contributed by atoms with Crippen molar-refractivity contribution in [3.05, 3.63) is 52.5 Å². The maximum absolute atomic E-state index is 6.23. The van der Waals surface area contributed by atoms with E-state index in [-0.39, 0.29) is 0 Å². The Morgan fingerprint density at radius 3 is 2.68 bits per heavy atom. The molecule has 0 aliphatic heterocycles. The summed E-state index contributed by atoms with van der Waals surface area (Å²) in [6.45, 7) is 2.03. The first-order valence-corrected chi connectivity index (χ1v) is 7.28. The van der Waals surface area contributed by atoms with Crippen molar-refractivity contribution in [3.8, 4) is 5.75 Å². The van der Waals surface area contributed by atoms with Crippen LogP contribution in [0.15, 0.2) is 41.3 Å². The molecule has 2 aromatic rings. The highest BCUT2D eigenvalue weighted by atomic mass is 35.5. The normalized spacial score (nSPS) is 10.5. The zero-order valence-corrected chi connectivity index (χ0v) is 12.5. The van der Waals surface area contributed by atoms with E-state index in [1.165, 1.54) is 5.56 Å². The zero-order chi connectivity index (χ0) is 13.8. The van der Waals surface area contributed by atoms with Crippen LogP contribution in [0.5, 0.6) is 5.75 Å². The van der Waals surface area contributed by atoms with Crippen molar-refractivity contribution < 1.29 is 4.74 Å². The van der Waals surface area contributed by atoms with Crippen molar-refractivity contribution in [2.24, 2.45) is 0 Å². The molecule has 0 atom stereocenters. The SMILES string of the molecule is COc1cc(N)ccc1SCc1ccc(C)cc1Cl. The van der Waals surface area contributed by atoms with Gasteiger partial charge in [0.15, 0.2) is 0 Å². The minimum Gasteiger partial charge on any atom is -0.496 e. The third-order valence-corrected chi connectivity index (χ3v) is 4.23. The molecule has 0 spiro atoms. The Hall–Kier alpha value is -1.32. The van der Waals surface area contributed by atoms with Gasteiger partial charge in [0.25, 0.3) is 0 Å². The predicted molar refractivity (Wildman–Crippen MR) is 83.2 cm³/mol. The van der Waals surface area contributed by atoms with E-state index in [2.05, 4.69) is 12.1 Å². The number of nitrogen functional groups attached to an aromatic ring is 1. The molecule has 0 radical (unpaired) electrons. The van der Waals surface area contributed by atoms with Gasteiger partial charge in [-0.15, -0.1) is 11.8 Å². The monoisotopic (exact) mass is 293 g/mol. The first kappa shape index (κ1) is 14.1. The molecule has 0 saturated heterocycles. The molecule has 0 saturated carbocycles. The van der Waals surface area contributed by atoms with Crippen molar-refractivity contribution >= 4 is 29.1 Å². The molecule has 100 valence electrons. The fourth-order valence-electron chi connectivity index (χ4n) is 1.73. The van der Waals surface area contributed by atoms with Crippen LogP contribution in [-0.2, 0) is 5.75 Å². The van der Waals surface area contributed by atoms with E-state index in [0.29, 0.717) is 5.69 Å². The Morgan fingerprint density at radius 2 is 2.00 bits per heavy atom. The third-order valence-electron chi connectivity index (χ3n) is 2.78. The molecule has 0 aliphatic rings. The summed E-state index contributed by atoms with van der Waals surface area (Å²) in [7, 11) is 1.65. The smallest absolute Gasteiger partial charge is 0.134 e. The van der Waals surface area contributed by atoms with Gasteiger partial charge in [0.05, 0.1) is 7.11 Å². The van der Waals surface area contributed by atoms with Crippen molar-refractivity contribution in [1.29, 1.82) is 0 Å². The third kappa shape index (κ3) is 3.58. The molecule has 2 N–H and O–H groups in total. The summed E-state index contributed by atoms with van der Waals surface area (Å²) in [6.07, 6.45) is 0. The summed E-state index contributed by atoms with van der Waals surface area (Å²) in [6, 6.07) is 11.8. The number of halogens is 1. The molecule has 0 bridgehead atoms. The lowest BCUT2D eigenvalue weighted by molar-refractivity contribution is 0.405. The summed E-state index contributed by atoms with van der Waals surface area (Å²) >= 11 is 7.92. The maximum Gasteiger partial charge on any atom is 0.134 e. The van der Waals surface area contributed by atoms with E-state index in [9.17, 15) is 0 Å². The largest absolute Gasteiger partial charge is 0.496 e. The van der Waals surface area contributed by atoms with Gasteiger partial charge in [-0.2, -0.15) is 0 Å². The molecule has 0 fully saturated rings. The zero-order valence-electron chi connectivity index (χ0n) is 10.9. The summed E-state index contributed by atoms with van der Waals surface area (Å²) in [5.74, 6) is 1.60. The molecule has 0 aliphatic carbocycles. The van der Waals surface area contributed by atoms with E-state index in [1.807, 2.05) is 31.2 Å². The fraction of sp³-hybridized carbons (Fsp3) is 0.200. The molecule has 0 amide bonds. The Balaban J connectivity index is 2.14. The highest BCUT2D eigenvalue weighted by molar-refractivity contribution is 7.98. The van der Waals surface area contributed by atoms with Crippen LogP contribution in [-0.4, -0.2) is 7.11 Å². The van der Waals surface area contributed by atoms with Gasteiger partial charge in [-0.05, 0) is 36.2 Å². The molecular formula is C15H16ClNOS. The number of benzene rings is 2. The minimum atomic E-state index is 0.703. The molecule has 4 heteroatoms. The molecule has 19 heavy (non-hydrogen) atoms. The molecule has 2 aromatic carbocycles. The van der Waals surface area contributed by atoms with Gasteiger partial charge in [0.2, 0.25) is 0 Å². The van der Waals surface area contributed by atoms with Crippen LogP contribution in [0.25, 0.3) is 0 Å². The van der Waals surface area contributed by atoms with Crippen molar-refractivity contribution in [3.63, 3.8) is 0 Å². The summed E-state index contributed by atoms with van der Waals surface area (Å²) < 4.78 is 5.33. The Morgan fingerprint density at radius 1 is 1.21 bits per heavy atom. The Bertz CT molecular complexity index is 586. The summed E-state index contributed by atoms with van der Waals surface area (Å²) in [5.41, 5.74) is 8.74. The van der Waals surface area contributed by atoms with Gasteiger partial charge in [-0.1, -0.05) is 23.7 Å². The number of hydrogen-bond donors (Lipinski definition) is 1. The van der Waals surface area contributed by atoms with E-state index in [1.54, 1.807) is 18.9 Å². The molecule has 0 unspecified atom stereocenters. The first-order chi connectivity index (χ1) is 9.10. The van der Waals surface area contributed by atoms with E-state index < -0.39 is 0 Å². The average Bonchev–Trinajstić information content (AvgIpc) is 2.39. The molecule has 0 aromatic heterocycles. The van der Waals surface area contributed by atoms with Gasteiger partial charge < -0.3 is 10.5 Å². The van der Waals surface area contributed by atoms with Crippen molar-refractivity contribution in [1.82, 2.24) is 0 Å². The first-order valence-electron chi connectivity index (χ1n) is 5.91. The number of nitrogens with two attached hydrogens (primary N) is 1. The van der Waals surface area contributed by atoms with Crippen LogP contribution in [0.3, 0.4) is 0 Å². The molecule has 2 rings (SSSR count). The number of rotatable bonds is 4. The lowest BCUT2D eigenvalue weighted by Crippen LogP contribution is -1.91. The van der Waals surface area contributed by atoms with E-state index in [4.69, 9.17) is 22.1 Å². The van der Waals surface area contributed by atoms with Gasteiger partial charge in [-0.25, -0.2) is 0 Å². The van der Waals surface area contributed by atoms with Crippen LogP contribution in [0.2, 0.25) is 5.02 Å². The topological polar surface area (TPSA) is 35.2 Å². The van der Waals surface area contributed by atoms with Crippen LogP contribution >= 0.6 is 23.4 Å². The number of aryl methyl sites for hydroxylation is 1. The van der Waals surface area contributed by atoms with Crippen LogP contribution in [0.4, 0.5) is 5.69 Å². The van der Waals surface area contributed by atoms with Crippen LogP contribution in [0, 0.1) is 6.92 Å². The van der Waals surface area contributed by atoms with Gasteiger partial charge in [-0.3, -0.25) is 0 Å². The highest BCUT2D eigenvalue weighted by Gasteiger charge is 2.06. The van der Waals surface area contributed by atoms with Crippen molar-refractivity contribution in [2.45, 2.75) is 17.6 Å². The number of methoxy groups -OCH3 is 1. The fourth-order valence-corrected chi connectivity index (χ4v) is 3.12. The highest BCUT2D eigenvalue weighted by Crippen LogP contribution is 2.34. The minimum absolute atomic E-state index is 0.703. The lowest BCUT2D eigenvalue weighted by atomic mass is 10.2. The van der Waals surface area contributed by atoms with E-state index >= 15 is 0 Å². The number of thioether (sulfide) groups is 1. The number of hydrogen-bond acceptors (Lipinski definition) is 3. The molecule has 2 nitrogen and oxygen atoms in total. The quantitative estimate of drug-likeness (QED) is 0.664. The van der Waals surface area contributed by atoms with E-state index in [0.717, 1.165) is 27.0 Å².